The van der Waals surface area contributed by atoms with Crippen LogP contribution in [0.25, 0.3) is 0 Å². The van der Waals surface area contributed by atoms with Crippen molar-refractivity contribution in [3.05, 3.63) is 28.2 Å². The van der Waals surface area contributed by atoms with Crippen LogP contribution in [0.4, 0.5) is 0 Å². The van der Waals surface area contributed by atoms with Crippen LogP contribution >= 0.6 is 23.2 Å². The molecule has 2 atom stereocenters. The van der Waals surface area contributed by atoms with Crippen molar-refractivity contribution < 1.29 is 9.53 Å². The molecular formula is C15H19Cl2NO2. The Morgan fingerprint density at radius 2 is 2.05 bits per heavy atom. The Labute approximate surface area is 129 Å². The van der Waals surface area contributed by atoms with Crippen molar-refractivity contribution in [1.82, 2.24) is 5.32 Å². The summed E-state index contributed by atoms with van der Waals surface area (Å²) in [5, 5.41) is 3.94. The van der Waals surface area contributed by atoms with E-state index < -0.39 is 0 Å². The maximum atomic E-state index is 11.9. The second-order valence-corrected chi connectivity index (χ2v) is 6.11. The zero-order chi connectivity index (χ0) is 14.5. The van der Waals surface area contributed by atoms with E-state index in [1.165, 1.54) is 19.3 Å². The molecule has 1 aromatic rings. The Morgan fingerprint density at radius 3 is 2.75 bits per heavy atom. The van der Waals surface area contributed by atoms with Gasteiger partial charge in [-0.05, 0) is 30.9 Å². The topological polar surface area (TPSA) is 38.3 Å². The summed E-state index contributed by atoms with van der Waals surface area (Å²) >= 11 is 11.7. The Kier molecular flexibility index (Phi) is 5.55. The molecule has 3 nitrogen and oxygen atoms in total. The van der Waals surface area contributed by atoms with Gasteiger partial charge in [0, 0.05) is 12.1 Å². The quantitative estimate of drug-likeness (QED) is 0.909. The molecule has 5 heteroatoms. The number of carbonyl (C=O) groups is 1. The van der Waals surface area contributed by atoms with Gasteiger partial charge in [-0.2, -0.15) is 0 Å². The number of benzene rings is 1. The fourth-order valence-corrected chi connectivity index (χ4v) is 2.78. The minimum absolute atomic E-state index is 0.00117. The molecule has 1 amide bonds. The van der Waals surface area contributed by atoms with Gasteiger partial charge in [-0.1, -0.05) is 43.0 Å². The third kappa shape index (κ3) is 4.29. The van der Waals surface area contributed by atoms with Crippen molar-refractivity contribution in [3.63, 3.8) is 0 Å². The van der Waals surface area contributed by atoms with Crippen molar-refractivity contribution >= 4 is 29.1 Å². The molecule has 0 aliphatic heterocycles. The summed E-state index contributed by atoms with van der Waals surface area (Å²) in [6.07, 6.45) is 4.68. The molecule has 1 aromatic carbocycles. The molecule has 1 saturated carbocycles. The fraction of sp³-hybridized carbons (Fsp3) is 0.533. The van der Waals surface area contributed by atoms with Gasteiger partial charge < -0.3 is 10.1 Å². The largest absolute Gasteiger partial charge is 0.484 e. The lowest BCUT2D eigenvalue weighted by molar-refractivity contribution is -0.124. The van der Waals surface area contributed by atoms with Gasteiger partial charge in [0.05, 0.1) is 10.0 Å². The molecular weight excluding hydrogens is 297 g/mol. The predicted molar refractivity (Wildman–Crippen MR) is 81.5 cm³/mol. The van der Waals surface area contributed by atoms with Crippen LogP contribution in [0.3, 0.4) is 0 Å². The third-order valence-electron chi connectivity index (χ3n) is 3.72. The zero-order valence-electron chi connectivity index (χ0n) is 11.5. The van der Waals surface area contributed by atoms with Gasteiger partial charge in [0.1, 0.15) is 5.75 Å². The highest BCUT2D eigenvalue weighted by atomic mass is 35.5. The summed E-state index contributed by atoms with van der Waals surface area (Å²) in [7, 11) is 0. The van der Waals surface area contributed by atoms with Gasteiger partial charge >= 0.3 is 0 Å². The van der Waals surface area contributed by atoms with E-state index in [9.17, 15) is 4.79 Å². The van der Waals surface area contributed by atoms with Crippen molar-refractivity contribution in [3.8, 4) is 5.75 Å². The molecule has 1 aliphatic rings. The maximum Gasteiger partial charge on any atom is 0.258 e. The molecule has 0 radical (unpaired) electrons. The van der Waals surface area contributed by atoms with Gasteiger partial charge in [-0.15, -0.1) is 0 Å². The third-order valence-corrected chi connectivity index (χ3v) is 4.46. The number of hydrogen-bond acceptors (Lipinski definition) is 2. The van der Waals surface area contributed by atoms with E-state index in [1.54, 1.807) is 18.2 Å². The number of nitrogens with one attached hydrogen (secondary N) is 1. The molecule has 1 fully saturated rings. The normalized spacial score (nSPS) is 22.4. The number of carbonyl (C=O) groups excluding carboxylic acids is 1. The van der Waals surface area contributed by atoms with E-state index in [4.69, 9.17) is 27.9 Å². The summed E-state index contributed by atoms with van der Waals surface area (Å²) in [5.41, 5.74) is 0. The smallest absolute Gasteiger partial charge is 0.258 e. The van der Waals surface area contributed by atoms with Crippen LogP contribution in [0.15, 0.2) is 18.2 Å². The lowest BCUT2D eigenvalue weighted by Crippen LogP contribution is -2.43. The van der Waals surface area contributed by atoms with E-state index >= 15 is 0 Å². The lowest BCUT2D eigenvalue weighted by atomic mass is 9.86. The van der Waals surface area contributed by atoms with Crippen LogP contribution in [0.1, 0.15) is 32.6 Å². The Hall–Kier alpha value is -0.930. The van der Waals surface area contributed by atoms with Crippen LogP contribution in [-0.2, 0) is 4.79 Å². The van der Waals surface area contributed by atoms with Crippen molar-refractivity contribution in [2.75, 3.05) is 6.61 Å². The van der Waals surface area contributed by atoms with Gasteiger partial charge in [0.2, 0.25) is 0 Å². The highest BCUT2D eigenvalue weighted by Gasteiger charge is 2.22. The zero-order valence-corrected chi connectivity index (χ0v) is 13.0. The van der Waals surface area contributed by atoms with Gasteiger partial charge in [0.15, 0.2) is 6.61 Å². The van der Waals surface area contributed by atoms with E-state index in [2.05, 4.69) is 12.2 Å². The van der Waals surface area contributed by atoms with Gasteiger partial charge in [-0.25, -0.2) is 0 Å². The summed E-state index contributed by atoms with van der Waals surface area (Å²) in [6, 6.07) is 5.24. The van der Waals surface area contributed by atoms with Crippen molar-refractivity contribution in [2.45, 2.75) is 38.6 Å². The first-order valence-electron chi connectivity index (χ1n) is 6.93. The van der Waals surface area contributed by atoms with E-state index in [1.807, 2.05) is 0 Å². The Balaban J connectivity index is 1.81. The predicted octanol–water partition coefficient (Wildman–Crippen LogP) is 4.07. The minimum Gasteiger partial charge on any atom is -0.484 e. The van der Waals surface area contributed by atoms with Crippen LogP contribution in [-0.4, -0.2) is 18.6 Å². The standard InChI is InChI=1S/C15H19Cl2NO2/c1-10-4-2-3-5-14(10)18-15(19)9-20-11-6-7-12(16)13(17)8-11/h6-8,10,14H,2-5,9H2,1H3,(H,18,19). The number of amides is 1. The minimum atomic E-state index is -0.0881. The first kappa shape index (κ1) is 15.5. The molecule has 20 heavy (non-hydrogen) atoms. The van der Waals surface area contributed by atoms with Crippen LogP contribution in [0.2, 0.25) is 10.0 Å². The SMILES string of the molecule is CC1CCCCC1NC(=O)COc1ccc(Cl)c(Cl)c1. The highest BCUT2D eigenvalue weighted by Crippen LogP contribution is 2.26. The molecule has 1 N–H and O–H groups in total. The second kappa shape index (κ2) is 7.19. The maximum absolute atomic E-state index is 11.9. The van der Waals surface area contributed by atoms with Crippen molar-refractivity contribution in [1.29, 1.82) is 0 Å². The second-order valence-electron chi connectivity index (χ2n) is 5.30. The average Bonchev–Trinajstić information content (AvgIpc) is 2.43. The first-order chi connectivity index (χ1) is 9.56. The van der Waals surface area contributed by atoms with Crippen LogP contribution in [0.5, 0.6) is 5.75 Å². The fourth-order valence-electron chi connectivity index (χ4n) is 2.49. The molecule has 0 bridgehead atoms. The molecule has 0 spiro atoms. The van der Waals surface area contributed by atoms with E-state index in [0.29, 0.717) is 21.7 Å². The molecule has 0 heterocycles. The summed E-state index contributed by atoms with van der Waals surface area (Å²) in [4.78, 5) is 11.9. The Bertz CT molecular complexity index is 479. The number of rotatable bonds is 4. The van der Waals surface area contributed by atoms with E-state index in [-0.39, 0.29) is 18.6 Å². The number of halogens is 2. The van der Waals surface area contributed by atoms with E-state index in [0.717, 1.165) is 6.42 Å². The summed E-state index contributed by atoms with van der Waals surface area (Å²) < 4.78 is 5.43. The number of ether oxygens (including phenoxy) is 1. The molecule has 1 aliphatic carbocycles. The molecule has 0 aromatic heterocycles. The number of hydrogen-bond donors (Lipinski definition) is 1. The van der Waals surface area contributed by atoms with Gasteiger partial charge in [0.25, 0.3) is 5.91 Å². The van der Waals surface area contributed by atoms with Crippen LogP contribution < -0.4 is 10.1 Å². The molecule has 2 unspecified atom stereocenters. The molecule has 110 valence electrons. The highest BCUT2D eigenvalue weighted by molar-refractivity contribution is 6.42. The lowest BCUT2D eigenvalue weighted by Gasteiger charge is -2.29. The van der Waals surface area contributed by atoms with Crippen LogP contribution in [0, 0.1) is 5.92 Å². The average molecular weight is 316 g/mol. The molecule has 2 rings (SSSR count). The summed E-state index contributed by atoms with van der Waals surface area (Å²) in [6.45, 7) is 2.19. The monoisotopic (exact) mass is 315 g/mol. The van der Waals surface area contributed by atoms with Gasteiger partial charge in [-0.3, -0.25) is 4.79 Å². The Morgan fingerprint density at radius 1 is 1.30 bits per heavy atom. The first-order valence-corrected chi connectivity index (χ1v) is 7.69. The molecule has 0 saturated heterocycles. The summed E-state index contributed by atoms with van der Waals surface area (Å²) in [5.74, 6) is 0.999. The van der Waals surface area contributed by atoms with Crippen molar-refractivity contribution in [2.24, 2.45) is 5.92 Å².